The van der Waals surface area contributed by atoms with E-state index in [0.29, 0.717) is 35.2 Å². The van der Waals surface area contributed by atoms with E-state index < -0.39 is 0 Å². The molecule has 2 N–H and O–H groups in total. The van der Waals surface area contributed by atoms with Gasteiger partial charge < -0.3 is 10.2 Å². The van der Waals surface area contributed by atoms with Gasteiger partial charge in [0.05, 0.1) is 0 Å². The minimum Gasteiger partial charge on any atom is -0.507 e. The van der Waals surface area contributed by atoms with Crippen molar-refractivity contribution in [3.63, 3.8) is 0 Å². The predicted octanol–water partition coefficient (Wildman–Crippen LogP) is 10.4. The SMILES string of the molecule is CCC(C)(c1cc(C2CCCC2)c(O)c(C2CCCC2)c1)c1cc(C2CCCC2)c(O)c(C2CCCC2)c1. The van der Waals surface area contributed by atoms with Crippen molar-refractivity contribution in [2.45, 2.75) is 152 Å². The number of aromatic hydroxyl groups is 2. The van der Waals surface area contributed by atoms with E-state index in [2.05, 4.69) is 38.1 Å². The summed E-state index contributed by atoms with van der Waals surface area (Å²) in [6, 6.07) is 9.63. The second kappa shape index (κ2) is 10.9. The maximum Gasteiger partial charge on any atom is 0.122 e. The van der Waals surface area contributed by atoms with Crippen LogP contribution in [-0.4, -0.2) is 10.2 Å². The molecule has 0 aromatic heterocycles. The summed E-state index contributed by atoms with van der Waals surface area (Å²) >= 11 is 0. The highest BCUT2D eigenvalue weighted by Crippen LogP contribution is 2.51. The zero-order chi connectivity index (χ0) is 26.3. The molecule has 4 saturated carbocycles. The first-order valence-electron chi connectivity index (χ1n) is 16.2. The molecule has 0 bridgehead atoms. The van der Waals surface area contributed by atoms with Crippen LogP contribution < -0.4 is 0 Å². The molecule has 0 atom stereocenters. The molecule has 0 radical (unpaired) electrons. The second-order valence-electron chi connectivity index (χ2n) is 13.6. The number of benzene rings is 2. The fourth-order valence-corrected chi connectivity index (χ4v) is 8.76. The fraction of sp³-hybridized carbons (Fsp3) is 0.667. The summed E-state index contributed by atoms with van der Waals surface area (Å²) in [5.74, 6) is 3.24. The summed E-state index contributed by atoms with van der Waals surface area (Å²) in [6.07, 6.45) is 21.0. The van der Waals surface area contributed by atoms with Crippen LogP contribution in [0.2, 0.25) is 0 Å². The minimum absolute atomic E-state index is 0.136. The quantitative estimate of drug-likeness (QED) is 0.386. The third kappa shape index (κ3) is 4.69. The van der Waals surface area contributed by atoms with Crippen LogP contribution in [0.4, 0.5) is 0 Å². The summed E-state index contributed by atoms with van der Waals surface area (Å²) in [7, 11) is 0. The van der Waals surface area contributed by atoms with Gasteiger partial charge in [-0.3, -0.25) is 0 Å². The van der Waals surface area contributed by atoms with E-state index in [-0.39, 0.29) is 5.41 Å². The topological polar surface area (TPSA) is 40.5 Å². The molecule has 0 spiro atoms. The van der Waals surface area contributed by atoms with Crippen molar-refractivity contribution in [1.29, 1.82) is 0 Å². The first kappa shape index (κ1) is 26.3. The zero-order valence-electron chi connectivity index (χ0n) is 24.0. The van der Waals surface area contributed by atoms with Gasteiger partial charge in [-0.2, -0.15) is 0 Å². The van der Waals surface area contributed by atoms with Gasteiger partial charge in [-0.15, -0.1) is 0 Å². The molecule has 0 saturated heterocycles. The van der Waals surface area contributed by atoms with Crippen LogP contribution in [0.15, 0.2) is 24.3 Å². The van der Waals surface area contributed by atoms with Gasteiger partial charge in [-0.05, 0) is 115 Å². The van der Waals surface area contributed by atoms with Crippen molar-refractivity contribution < 1.29 is 10.2 Å². The Hall–Kier alpha value is -1.96. The lowest BCUT2D eigenvalue weighted by Gasteiger charge is -2.34. The second-order valence-corrected chi connectivity index (χ2v) is 13.6. The molecule has 0 heterocycles. The van der Waals surface area contributed by atoms with E-state index in [1.165, 1.54) is 136 Å². The highest BCUT2D eigenvalue weighted by molar-refractivity contribution is 5.55. The molecule has 2 aromatic rings. The van der Waals surface area contributed by atoms with Gasteiger partial charge in [0, 0.05) is 5.41 Å². The highest BCUT2D eigenvalue weighted by atomic mass is 16.3. The van der Waals surface area contributed by atoms with E-state index >= 15 is 0 Å². The average Bonchev–Trinajstić information content (AvgIpc) is 3.76. The molecule has 6 rings (SSSR count). The van der Waals surface area contributed by atoms with E-state index in [1.807, 2.05) is 0 Å². The molecule has 4 fully saturated rings. The van der Waals surface area contributed by atoms with Gasteiger partial charge in [0.25, 0.3) is 0 Å². The molecule has 4 aliphatic carbocycles. The van der Waals surface area contributed by atoms with E-state index in [4.69, 9.17) is 0 Å². The van der Waals surface area contributed by atoms with Crippen LogP contribution in [0, 0.1) is 0 Å². The summed E-state index contributed by atoms with van der Waals surface area (Å²) in [5.41, 5.74) is 7.56. The van der Waals surface area contributed by atoms with Crippen molar-refractivity contribution in [3.05, 3.63) is 57.6 Å². The van der Waals surface area contributed by atoms with Crippen LogP contribution in [0.5, 0.6) is 11.5 Å². The normalized spacial score (nSPS) is 22.3. The highest BCUT2D eigenvalue weighted by Gasteiger charge is 2.35. The monoisotopic (exact) mass is 514 g/mol. The Labute approximate surface area is 231 Å². The van der Waals surface area contributed by atoms with Gasteiger partial charge in [0.2, 0.25) is 0 Å². The third-order valence-corrected chi connectivity index (χ3v) is 11.5. The van der Waals surface area contributed by atoms with E-state index in [1.54, 1.807) is 0 Å². The summed E-state index contributed by atoms with van der Waals surface area (Å²) in [5, 5.41) is 23.2. The molecular weight excluding hydrogens is 464 g/mol. The fourth-order valence-electron chi connectivity index (χ4n) is 8.76. The van der Waals surface area contributed by atoms with Crippen molar-refractivity contribution in [2.24, 2.45) is 0 Å². The van der Waals surface area contributed by atoms with Gasteiger partial charge in [-0.25, -0.2) is 0 Å². The van der Waals surface area contributed by atoms with Crippen LogP contribution in [0.25, 0.3) is 0 Å². The van der Waals surface area contributed by atoms with Crippen molar-refractivity contribution in [1.82, 2.24) is 0 Å². The van der Waals surface area contributed by atoms with Crippen LogP contribution in [0.3, 0.4) is 0 Å². The molecule has 2 nitrogen and oxygen atoms in total. The smallest absolute Gasteiger partial charge is 0.122 e. The molecule has 4 aliphatic rings. The van der Waals surface area contributed by atoms with E-state index in [9.17, 15) is 10.2 Å². The van der Waals surface area contributed by atoms with Gasteiger partial charge in [-0.1, -0.05) is 89.5 Å². The number of hydrogen-bond acceptors (Lipinski definition) is 2. The van der Waals surface area contributed by atoms with Gasteiger partial charge in [0.1, 0.15) is 11.5 Å². The van der Waals surface area contributed by atoms with E-state index in [0.717, 1.165) is 6.42 Å². The Morgan fingerprint density at radius 3 is 0.974 bits per heavy atom. The van der Waals surface area contributed by atoms with Crippen LogP contribution in [0.1, 0.15) is 180 Å². The molecular formula is C36H50O2. The Balaban J connectivity index is 1.50. The molecule has 38 heavy (non-hydrogen) atoms. The first-order valence-corrected chi connectivity index (χ1v) is 16.2. The van der Waals surface area contributed by atoms with Gasteiger partial charge in [0.15, 0.2) is 0 Å². The maximum atomic E-state index is 11.6. The number of phenolic OH excluding ortho intramolecular Hbond substituents is 2. The molecule has 2 heteroatoms. The van der Waals surface area contributed by atoms with Gasteiger partial charge >= 0.3 is 0 Å². The third-order valence-electron chi connectivity index (χ3n) is 11.5. The lowest BCUT2D eigenvalue weighted by molar-refractivity contribution is 0.442. The minimum atomic E-state index is -0.136. The van der Waals surface area contributed by atoms with Crippen molar-refractivity contribution >= 4 is 0 Å². The van der Waals surface area contributed by atoms with Crippen molar-refractivity contribution in [3.8, 4) is 11.5 Å². The number of rotatable bonds is 7. The van der Waals surface area contributed by atoms with Crippen LogP contribution in [-0.2, 0) is 5.41 Å². The largest absolute Gasteiger partial charge is 0.507 e. The molecule has 2 aromatic carbocycles. The zero-order valence-corrected chi connectivity index (χ0v) is 24.0. The maximum absolute atomic E-state index is 11.6. The Morgan fingerprint density at radius 1 is 0.526 bits per heavy atom. The molecule has 0 unspecified atom stereocenters. The first-order chi connectivity index (χ1) is 18.5. The summed E-state index contributed by atoms with van der Waals surface area (Å²) in [6.45, 7) is 4.79. The lowest BCUT2D eigenvalue weighted by Crippen LogP contribution is -2.24. The molecule has 0 amide bonds. The van der Waals surface area contributed by atoms with Crippen molar-refractivity contribution in [2.75, 3.05) is 0 Å². The predicted molar refractivity (Wildman–Crippen MR) is 158 cm³/mol. The Kier molecular flexibility index (Phi) is 7.53. The number of hydrogen-bond donors (Lipinski definition) is 2. The molecule has 206 valence electrons. The Bertz CT molecular complexity index is 963. The Morgan fingerprint density at radius 2 is 0.763 bits per heavy atom. The summed E-state index contributed by atoms with van der Waals surface area (Å²) in [4.78, 5) is 0. The average molecular weight is 515 g/mol. The summed E-state index contributed by atoms with van der Waals surface area (Å²) < 4.78 is 0. The van der Waals surface area contributed by atoms with Crippen LogP contribution >= 0.6 is 0 Å². The standard InChI is InChI=1S/C36H50O2/c1-3-36(2,28-20-30(24-12-4-5-13-24)34(37)31(21-28)25-14-6-7-15-25)29-22-32(26-16-8-9-17-26)35(38)33(23-29)27-18-10-11-19-27/h20-27,37-38H,3-19H2,1-2H3. The number of phenols is 2. The molecule has 0 aliphatic heterocycles. The lowest BCUT2D eigenvalue weighted by atomic mass is 9.70.